The minimum atomic E-state index is 0.0161. The zero-order valence-corrected chi connectivity index (χ0v) is 9.94. The summed E-state index contributed by atoms with van der Waals surface area (Å²) in [5, 5.41) is 1.14. The zero-order chi connectivity index (χ0) is 11.5. The summed E-state index contributed by atoms with van der Waals surface area (Å²) in [5.41, 5.74) is 7.07. The van der Waals surface area contributed by atoms with E-state index in [9.17, 15) is 0 Å². The van der Waals surface area contributed by atoms with E-state index >= 15 is 0 Å². The highest BCUT2D eigenvalue weighted by Gasteiger charge is 2.14. The van der Waals surface area contributed by atoms with Crippen molar-refractivity contribution in [3.05, 3.63) is 36.1 Å². The van der Waals surface area contributed by atoms with Gasteiger partial charge in [-0.3, -0.25) is 0 Å². The summed E-state index contributed by atoms with van der Waals surface area (Å²) < 4.78 is 5.75. The topological polar surface area (TPSA) is 39.2 Å². The second-order valence-electron chi connectivity index (χ2n) is 4.54. The number of hydrogen-bond donors (Lipinski definition) is 1. The molecule has 86 valence electrons. The summed E-state index contributed by atoms with van der Waals surface area (Å²) in [5.74, 6) is 1.55. The van der Waals surface area contributed by atoms with Crippen molar-refractivity contribution in [3.8, 4) is 0 Å². The van der Waals surface area contributed by atoms with E-state index in [1.54, 1.807) is 0 Å². The normalized spacial score (nSPS) is 15.2. The lowest BCUT2D eigenvalue weighted by molar-refractivity contribution is 0.408. The Morgan fingerprint density at radius 1 is 1.31 bits per heavy atom. The molecule has 0 spiro atoms. The van der Waals surface area contributed by atoms with Gasteiger partial charge in [0.2, 0.25) is 0 Å². The Morgan fingerprint density at radius 2 is 2.06 bits per heavy atom. The van der Waals surface area contributed by atoms with Gasteiger partial charge < -0.3 is 10.2 Å². The van der Waals surface area contributed by atoms with E-state index in [4.69, 9.17) is 10.2 Å². The second-order valence-corrected chi connectivity index (χ2v) is 4.54. The molecule has 16 heavy (non-hydrogen) atoms. The van der Waals surface area contributed by atoms with Crippen LogP contribution in [0.15, 0.2) is 34.7 Å². The number of fused-ring (bicyclic) bond motifs is 1. The fourth-order valence-corrected chi connectivity index (χ4v) is 1.90. The van der Waals surface area contributed by atoms with Crippen LogP contribution >= 0.6 is 0 Å². The van der Waals surface area contributed by atoms with Gasteiger partial charge in [0, 0.05) is 5.39 Å². The SMILES string of the molecule is CCC(C)CC(N)c1cc2ccccc2o1. The van der Waals surface area contributed by atoms with Gasteiger partial charge in [0.1, 0.15) is 11.3 Å². The van der Waals surface area contributed by atoms with Gasteiger partial charge in [0.15, 0.2) is 0 Å². The highest BCUT2D eigenvalue weighted by atomic mass is 16.3. The van der Waals surface area contributed by atoms with Crippen LogP contribution in [0.25, 0.3) is 11.0 Å². The fourth-order valence-electron chi connectivity index (χ4n) is 1.90. The predicted octanol–water partition coefficient (Wildman–Crippen LogP) is 3.87. The van der Waals surface area contributed by atoms with Gasteiger partial charge in [-0.15, -0.1) is 0 Å². The molecule has 0 saturated carbocycles. The molecule has 0 aliphatic heterocycles. The zero-order valence-electron chi connectivity index (χ0n) is 9.94. The Morgan fingerprint density at radius 3 is 2.75 bits per heavy atom. The van der Waals surface area contributed by atoms with Crippen molar-refractivity contribution < 1.29 is 4.42 Å². The van der Waals surface area contributed by atoms with E-state index in [0.29, 0.717) is 5.92 Å². The molecule has 2 aromatic rings. The van der Waals surface area contributed by atoms with Gasteiger partial charge in [-0.05, 0) is 24.5 Å². The molecule has 0 fully saturated rings. The smallest absolute Gasteiger partial charge is 0.134 e. The molecule has 1 heterocycles. The quantitative estimate of drug-likeness (QED) is 0.844. The molecule has 2 unspecified atom stereocenters. The molecule has 2 rings (SSSR count). The third-order valence-electron chi connectivity index (χ3n) is 3.16. The van der Waals surface area contributed by atoms with E-state index in [1.165, 1.54) is 0 Å². The summed E-state index contributed by atoms with van der Waals surface area (Å²) in [6.45, 7) is 4.42. The van der Waals surface area contributed by atoms with Gasteiger partial charge in [-0.1, -0.05) is 38.5 Å². The summed E-state index contributed by atoms with van der Waals surface area (Å²) in [6, 6.07) is 10.1. The third kappa shape index (κ3) is 2.27. The lowest BCUT2D eigenvalue weighted by atomic mass is 9.98. The maximum absolute atomic E-state index is 6.14. The Bertz CT molecular complexity index is 427. The van der Waals surface area contributed by atoms with Crippen LogP contribution in [0.5, 0.6) is 0 Å². The highest BCUT2D eigenvalue weighted by Crippen LogP contribution is 2.26. The average molecular weight is 217 g/mol. The van der Waals surface area contributed by atoms with Crippen LogP contribution in [-0.2, 0) is 0 Å². The molecule has 2 heteroatoms. The molecule has 0 amide bonds. The standard InChI is InChI=1S/C14H19NO/c1-3-10(2)8-12(15)14-9-11-6-4-5-7-13(11)16-14/h4-7,9-10,12H,3,8,15H2,1-2H3. The molecule has 2 atom stereocenters. The van der Waals surface area contributed by atoms with Crippen molar-refractivity contribution in [2.75, 3.05) is 0 Å². The van der Waals surface area contributed by atoms with Gasteiger partial charge >= 0.3 is 0 Å². The van der Waals surface area contributed by atoms with E-state index in [0.717, 1.165) is 29.6 Å². The fraction of sp³-hybridized carbons (Fsp3) is 0.429. The molecular formula is C14H19NO. The van der Waals surface area contributed by atoms with Crippen LogP contribution in [0.1, 0.15) is 38.5 Å². The van der Waals surface area contributed by atoms with Crippen molar-refractivity contribution >= 4 is 11.0 Å². The molecule has 2 N–H and O–H groups in total. The van der Waals surface area contributed by atoms with Crippen LogP contribution < -0.4 is 5.73 Å². The van der Waals surface area contributed by atoms with Crippen molar-refractivity contribution in [3.63, 3.8) is 0 Å². The van der Waals surface area contributed by atoms with E-state index in [2.05, 4.69) is 26.0 Å². The second kappa shape index (κ2) is 4.71. The van der Waals surface area contributed by atoms with Gasteiger partial charge in [0.25, 0.3) is 0 Å². The molecular weight excluding hydrogens is 198 g/mol. The first-order valence-electron chi connectivity index (χ1n) is 5.94. The van der Waals surface area contributed by atoms with Crippen LogP contribution in [0.2, 0.25) is 0 Å². The molecule has 2 nitrogen and oxygen atoms in total. The maximum atomic E-state index is 6.14. The summed E-state index contributed by atoms with van der Waals surface area (Å²) in [4.78, 5) is 0. The van der Waals surface area contributed by atoms with Crippen molar-refractivity contribution in [1.82, 2.24) is 0 Å². The Hall–Kier alpha value is -1.28. The number of para-hydroxylation sites is 1. The molecule has 0 saturated heterocycles. The van der Waals surface area contributed by atoms with Gasteiger partial charge in [-0.2, -0.15) is 0 Å². The number of furan rings is 1. The highest BCUT2D eigenvalue weighted by molar-refractivity contribution is 5.77. The minimum absolute atomic E-state index is 0.0161. The Labute approximate surface area is 96.4 Å². The lowest BCUT2D eigenvalue weighted by Gasteiger charge is -2.13. The number of nitrogens with two attached hydrogens (primary N) is 1. The van der Waals surface area contributed by atoms with Crippen LogP contribution in [0.4, 0.5) is 0 Å². The summed E-state index contributed by atoms with van der Waals surface area (Å²) in [7, 11) is 0. The van der Waals surface area contributed by atoms with E-state index in [1.807, 2.05) is 18.2 Å². The van der Waals surface area contributed by atoms with Gasteiger partial charge in [-0.25, -0.2) is 0 Å². The van der Waals surface area contributed by atoms with Gasteiger partial charge in [0.05, 0.1) is 6.04 Å². The third-order valence-corrected chi connectivity index (χ3v) is 3.16. The maximum Gasteiger partial charge on any atom is 0.134 e. The van der Waals surface area contributed by atoms with Crippen molar-refractivity contribution in [1.29, 1.82) is 0 Å². The first kappa shape index (κ1) is 11.2. The molecule has 1 aromatic carbocycles. The Kier molecular flexibility index (Phi) is 3.30. The first-order valence-corrected chi connectivity index (χ1v) is 5.94. The lowest BCUT2D eigenvalue weighted by Crippen LogP contribution is -2.12. The van der Waals surface area contributed by atoms with Crippen LogP contribution in [0, 0.1) is 5.92 Å². The minimum Gasteiger partial charge on any atom is -0.459 e. The summed E-state index contributed by atoms with van der Waals surface area (Å²) in [6.07, 6.45) is 2.14. The van der Waals surface area contributed by atoms with Crippen LogP contribution in [-0.4, -0.2) is 0 Å². The number of hydrogen-bond acceptors (Lipinski definition) is 2. The van der Waals surface area contributed by atoms with E-state index < -0.39 is 0 Å². The predicted molar refractivity (Wildman–Crippen MR) is 67.2 cm³/mol. The molecule has 1 aromatic heterocycles. The first-order chi connectivity index (χ1) is 7.70. The molecule has 0 aliphatic carbocycles. The van der Waals surface area contributed by atoms with E-state index in [-0.39, 0.29) is 6.04 Å². The molecule has 0 radical (unpaired) electrons. The van der Waals surface area contributed by atoms with Crippen LogP contribution in [0.3, 0.4) is 0 Å². The average Bonchev–Trinajstić information content (AvgIpc) is 2.72. The largest absolute Gasteiger partial charge is 0.459 e. The number of rotatable bonds is 4. The van der Waals surface area contributed by atoms with Crippen molar-refractivity contribution in [2.45, 2.75) is 32.7 Å². The Balaban J connectivity index is 2.19. The number of benzene rings is 1. The monoisotopic (exact) mass is 217 g/mol. The van der Waals surface area contributed by atoms with Crippen molar-refractivity contribution in [2.24, 2.45) is 11.7 Å². The molecule has 0 aliphatic rings. The molecule has 0 bridgehead atoms. The summed E-state index contributed by atoms with van der Waals surface area (Å²) >= 11 is 0.